The third-order valence-electron chi connectivity index (χ3n) is 3.52. The Morgan fingerprint density at radius 3 is 2.18 bits per heavy atom. The van der Waals surface area contributed by atoms with E-state index in [1.165, 1.54) is 4.90 Å². The second kappa shape index (κ2) is 5.70. The van der Waals surface area contributed by atoms with E-state index in [4.69, 9.17) is 4.98 Å². The van der Waals surface area contributed by atoms with Crippen LogP contribution < -0.4 is 0 Å². The van der Waals surface area contributed by atoms with Crippen molar-refractivity contribution in [2.24, 2.45) is 0 Å². The lowest BCUT2D eigenvalue weighted by atomic mass is 10.1. The van der Waals surface area contributed by atoms with Crippen LogP contribution in [0.3, 0.4) is 0 Å². The Balaban J connectivity index is 1.86. The molecule has 4 rings (SSSR count). The molecule has 0 amide bonds. The van der Waals surface area contributed by atoms with Crippen molar-refractivity contribution < 1.29 is 0 Å². The highest BCUT2D eigenvalue weighted by molar-refractivity contribution is 7.99. The van der Waals surface area contributed by atoms with Crippen LogP contribution in [0.2, 0.25) is 0 Å². The van der Waals surface area contributed by atoms with Gasteiger partial charge in [0.1, 0.15) is 0 Å². The van der Waals surface area contributed by atoms with Crippen LogP contribution in [0.25, 0.3) is 16.8 Å². The van der Waals surface area contributed by atoms with E-state index in [9.17, 15) is 0 Å². The molecule has 106 valence electrons. The number of hydrogen-bond acceptors (Lipinski definition) is 2. The highest BCUT2D eigenvalue weighted by Crippen LogP contribution is 2.32. The highest BCUT2D eigenvalue weighted by atomic mass is 32.2. The molecule has 0 saturated carbocycles. The van der Waals surface area contributed by atoms with Crippen molar-refractivity contribution in [1.82, 2.24) is 9.38 Å². The van der Waals surface area contributed by atoms with E-state index in [1.54, 1.807) is 11.8 Å². The molecular formula is C19H14N2S. The molecule has 0 N–H and O–H groups in total. The Hall–Kier alpha value is -2.52. The lowest BCUT2D eigenvalue weighted by Gasteiger charge is -2.00. The summed E-state index contributed by atoms with van der Waals surface area (Å²) >= 11 is 1.68. The van der Waals surface area contributed by atoms with Crippen LogP contribution >= 0.6 is 11.8 Å². The van der Waals surface area contributed by atoms with E-state index in [-0.39, 0.29) is 0 Å². The largest absolute Gasteiger partial charge is 0.294 e. The molecule has 0 bridgehead atoms. The minimum Gasteiger partial charge on any atom is -0.294 e. The van der Waals surface area contributed by atoms with Gasteiger partial charge in [0.05, 0.1) is 11.2 Å². The van der Waals surface area contributed by atoms with Crippen LogP contribution in [-0.2, 0) is 0 Å². The number of nitrogens with zero attached hydrogens (tertiary/aromatic N) is 2. The van der Waals surface area contributed by atoms with Gasteiger partial charge in [-0.25, -0.2) is 4.98 Å². The summed E-state index contributed by atoms with van der Waals surface area (Å²) in [5.41, 5.74) is 3.30. The van der Waals surface area contributed by atoms with Crippen molar-refractivity contribution in [1.29, 1.82) is 0 Å². The number of benzene rings is 2. The van der Waals surface area contributed by atoms with Gasteiger partial charge in [-0.2, -0.15) is 0 Å². The predicted molar refractivity (Wildman–Crippen MR) is 91.2 cm³/mol. The van der Waals surface area contributed by atoms with Gasteiger partial charge < -0.3 is 0 Å². The van der Waals surface area contributed by atoms with Crippen LogP contribution in [0.5, 0.6) is 0 Å². The lowest BCUT2D eigenvalue weighted by molar-refractivity contribution is 0.959. The number of imidazole rings is 1. The molecule has 0 atom stereocenters. The Kier molecular flexibility index (Phi) is 3.41. The molecule has 0 saturated heterocycles. The van der Waals surface area contributed by atoms with E-state index in [0.717, 1.165) is 21.9 Å². The van der Waals surface area contributed by atoms with E-state index in [0.29, 0.717) is 0 Å². The van der Waals surface area contributed by atoms with E-state index in [1.807, 2.05) is 30.3 Å². The number of rotatable bonds is 3. The van der Waals surface area contributed by atoms with Crippen LogP contribution in [-0.4, -0.2) is 9.38 Å². The fourth-order valence-electron chi connectivity index (χ4n) is 2.48. The third-order valence-corrected chi connectivity index (χ3v) is 4.49. The van der Waals surface area contributed by atoms with Gasteiger partial charge >= 0.3 is 0 Å². The van der Waals surface area contributed by atoms with Crippen molar-refractivity contribution in [2.45, 2.75) is 10.1 Å². The maximum Gasteiger partial charge on any atom is 0.178 e. The third kappa shape index (κ3) is 2.40. The van der Waals surface area contributed by atoms with Gasteiger partial charge in [-0.1, -0.05) is 66.4 Å². The first-order chi connectivity index (χ1) is 10.9. The zero-order valence-electron chi connectivity index (χ0n) is 11.9. The van der Waals surface area contributed by atoms with E-state index in [2.05, 4.69) is 59.1 Å². The van der Waals surface area contributed by atoms with Crippen molar-refractivity contribution in [3.8, 4) is 11.3 Å². The first-order valence-corrected chi connectivity index (χ1v) is 7.99. The topological polar surface area (TPSA) is 17.3 Å². The standard InChI is InChI=1S/C19H14N2S/c1-3-9-15(10-4-1)18-17-13-7-8-14-21(17)19(20-18)22-16-11-5-2-6-12-16/h1-14H. The van der Waals surface area contributed by atoms with Gasteiger partial charge in [-0.3, -0.25) is 4.40 Å². The second-order valence-electron chi connectivity index (χ2n) is 4.98. The Bertz CT molecular complexity index is 899. The molecule has 0 aliphatic heterocycles. The maximum atomic E-state index is 4.88. The molecule has 0 radical (unpaired) electrons. The van der Waals surface area contributed by atoms with E-state index < -0.39 is 0 Å². The average Bonchev–Trinajstić information content (AvgIpc) is 2.96. The molecule has 0 fully saturated rings. The van der Waals surface area contributed by atoms with Gasteiger partial charge in [-0.15, -0.1) is 0 Å². The molecule has 0 aliphatic carbocycles. The summed E-state index contributed by atoms with van der Waals surface area (Å²) in [7, 11) is 0. The molecule has 2 aromatic carbocycles. The van der Waals surface area contributed by atoms with Gasteiger partial charge in [0.15, 0.2) is 5.16 Å². The molecule has 0 unspecified atom stereocenters. The van der Waals surface area contributed by atoms with Crippen molar-refractivity contribution in [2.75, 3.05) is 0 Å². The monoisotopic (exact) mass is 302 g/mol. The highest BCUT2D eigenvalue weighted by Gasteiger charge is 2.12. The number of pyridine rings is 1. The minimum absolute atomic E-state index is 0.987. The fourth-order valence-corrected chi connectivity index (χ4v) is 3.38. The average molecular weight is 302 g/mol. The predicted octanol–water partition coefficient (Wildman–Crippen LogP) is 5.15. The summed E-state index contributed by atoms with van der Waals surface area (Å²) in [6.07, 6.45) is 2.07. The van der Waals surface area contributed by atoms with Gasteiger partial charge in [0.25, 0.3) is 0 Å². The van der Waals surface area contributed by atoms with Crippen LogP contribution in [0, 0.1) is 0 Å². The van der Waals surface area contributed by atoms with Gasteiger partial charge in [-0.05, 0) is 24.3 Å². The Morgan fingerprint density at radius 1 is 0.727 bits per heavy atom. The quantitative estimate of drug-likeness (QED) is 0.520. The van der Waals surface area contributed by atoms with Crippen LogP contribution in [0.15, 0.2) is 95.1 Å². The molecule has 0 aliphatic rings. The molecule has 0 spiro atoms. The number of fused-ring (bicyclic) bond motifs is 1. The molecule has 2 aromatic heterocycles. The molecule has 2 heterocycles. The lowest BCUT2D eigenvalue weighted by Crippen LogP contribution is -1.85. The van der Waals surface area contributed by atoms with Gasteiger partial charge in [0.2, 0.25) is 0 Å². The first-order valence-electron chi connectivity index (χ1n) is 7.17. The van der Waals surface area contributed by atoms with Crippen molar-refractivity contribution in [3.05, 3.63) is 85.1 Å². The van der Waals surface area contributed by atoms with Gasteiger partial charge in [0, 0.05) is 16.7 Å². The Morgan fingerprint density at radius 2 is 1.41 bits per heavy atom. The molecule has 4 aromatic rings. The molecule has 3 heteroatoms. The normalized spacial score (nSPS) is 10.9. The summed E-state index contributed by atoms with van der Waals surface area (Å²) in [5, 5.41) is 0.987. The first kappa shape index (κ1) is 13.2. The van der Waals surface area contributed by atoms with E-state index >= 15 is 0 Å². The summed E-state index contributed by atoms with van der Waals surface area (Å²) < 4.78 is 2.15. The summed E-state index contributed by atoms with van der Waals surface area (Å²) in [6, 6.07) is 26.9. The molecular weight excluding hydrogens is 288 g/mol. The second-order valence-corrected chi connectivity index (χ2v) is 6.02. The summed E-state index contributed by atoms with van der Waals surface area (Å²) in [4.78, 5) is 6.07. The zero-order valence-corrected chi connectivity index (χ0v) is 12.7. The summed E-state index contributed by atoms with van der Waals surface area (Å²) in [5.74, 6) is 0. The number of aromatic nitrogens is 2. The van der Waals surface area contributed by atoms with Crippen molar-refractivity contribution in [3.63, 3.8) is 0 Å². The number of hydrogen-bond donors (Lipinski definition) is 0. The SMILES string of the molecule is c1ccc(Sc2nc(-c3ccccc3)c3ccccn23)cc1. The van der Waals surface area contributed by atoms with Crippen LogP contribution in [0.1, 0.15) is 0 Å². The summed E-state index contributed by atoms with van der Waals surface area (Å²) in [6.45, 7) is 0. The Labute approximate surface area is 133 Å². The van der Waals surface area contributed by atoms with Crippen LogP contribution in [0.4, 0.5) is 0 Å². The zero-order chi connectivity index (χ0) is 14.8. The van der Waals surface area contributed by atoms with Crippen molar-refractivity contribution >= 4 is 17.3 Å². The minimum atomic E-state index is 0.987. The molecule has 22 heavy (non-hydrogen) atoms. The fraction of sp³-hybridized carbons (Fsp3) is 0. The molecule has 2 nitrogen and oxygen atoms in total. The maximum absolute atomic E-state index is 4.88. The smallest absolute Gasteiger partial charge is 0.178 e.